The van der Waals surface area contributed by atoms with Crippen LogP contribution in [0.1, 0.15) is 13.8 Å². The van der Waals surface area contributed by atoms with E-state index in [9.17, 15) is 0 Å². The van der Waals surface area contributed by atoms with Crippen LogP contribution in [-0.2, 0) is 0 Å². The molecule has 16 heavy (non-hydrogen) atoms. The van der Waals surface area contributed by atoms with E-state index in [1.54, 1.807) is 17.7 Å². The van der Waals surface area contributed by atoms with Gasteiger partial charge in [-0.2, -0.15) is 0 Å². The molecule has 0 radical (unpaired) electrons. The van der Waals surface area contributed by atoms with E-state index >= 15 is 0 Å². The third-order valence-electron chi connectivity index (χ3n) is 2.45. The second-order valence-electron chi connectivity index (χ2n) is 3.81. The number of anilines is 1. The van der Waals surface area contributed by atoms with Gasteiger partial charge >= 0.3 is 0 Å². The fourth-order valence-corrected chi connectivity index (χ4v) is 2.71. The number of thiophene rings is 1. The maximum atomic E-state index is 5.83. The van der Waals surface area contributed by atoms with Crippen molar-refractivity contribution < 1.29 is 0 Å². The highest BCUT2D eigenvalue weighted by atomic mass is 35.5. The summed E-state index contributed by atoms with van der Waals surface area (Å²) in [4.78, 5) is 10.8. The van der Waals surface area contributed by atoms with E-state index in [0.717, 1.165) is 22.6 Å². The van der Waals surface area contributed by atoms with Crippen LogP contribution < -0.4 is 4.90 Å². The van der Waals surface area contributed by atoms with Gasteiger partial charge in [0.1, 0.15) is 12.1 Å². The molecule has 0 saturated heterocycles. The molecule has 0 N–H and O–H groups in total. The van der Waals surface area contributed by atoms with E-state index in [1.807, 2.05) is 11.4 Å². The molecule has 0 aliphatic carbocycles. The Balaban J connectivity index is 2.47. The maximum absolute atomic E-state index is 5.83. The molecule has 86 valence electrons. The van der Waals surface area contributed by atoms with Crippen LogP contribution in [0.5, 0.6) is 0 Å². The Morgan fingerprint density at radius 1 is 1.44 bits per heavy atom. The minimum atomic E-state index is 0.388. The Morgan fingerprint density at radius 2 is 2.25 bits per heavy atom. The summed E-state index contributed by atoms with van der Waals surface area (Å²) in [5, 5.41) is 2.04. The molecular weight excluding hydrogens is 242 g/mol. The summed E-state index contributed by atoms with van der Waals surface area (Å²) in [6, 6.07) is 2.41. The van der Waals surface area contributed by atoms with Gasteiger partial charge in [0.05, 0.1) is 10.2 Å². The lowest BCUT2D eigenvalue weighted by Gasteiger charge is -2.27. The van der Waals surface area contributed by atoms with Gasteiger partial charge in [-0.05, 0) is 25.3 Å². The fourth-order valence-electron chi connectivity index (χ4n) is 1.68. The Morgan fingerprint density at radius 3 is 2.94 bits per heavy atom. The Hall–Kier alpha value is -0.870. The number of hydrogen-bond acceptors (Lipinski definition) is 4. The number of fused-ring (bicyclic) bond motifs is 1. The van der Waals surface area contributed by atoms with Gasteiger partial charge in [0.25, 0.3) is 0 Å². The van der Waals surface area contributed by atoms with E-state index in [2.05, 4.69) is 28.7 Å². The van der Waals surface area contributed by atoms with Gasteiger partial charge in [-0.1, -0.05) is 0 Å². The number of halogens is 1. The summed E-state index contributed by atoms with van der Waals surface area (Å²) in [6.07, 6.45) is 1.62. The Bertz CT molecular complexity index is 469. The standard InChI is InChI=1S/C11H14ClN3S/c1-8(2)15(5-4-12)11-10-9(3-6-16-10)13-7-14-11/h3,6-8H,4-5H2,1-2H3. The van der Waals surface area contributed by atoms with Gasteiger partial charge in [-0.15, -0.1) is 22.9 Å². The minimum absolute atomic E-state index is 0.388. The normalized spacial score (nSPS) is 11.2. The van der Waals surface area contributed by atoms with Crippen LogP contribution in [0.15, 0.2) is 17.8 Å². The predicted octanol–water partition coefficient (Wildman–Crippen LogP) is 3.14. The molecule has 5 heteroatoms. The van der Waals surface area contributed by atoms with Gasteiger partial charge in [0.2, 0.25) is 0 Å². The summed E-state index contributed by atoms with van der Waals surface area (Å²) in [6.45, 7) is 5.10. The van der Waals surface area contributed by atoms with Crippen molar-refractivity contribution in [3.8, 4) is 0 Å². The molecule has 2 aromatic heterocycles. The SMILES string of the molecule is CC(C)N(CCCl)c1ncnc2ccsc12. The van der Waals surface area contributed by atoms with E-state index < -0.39 is 0 Å². The summed E-state index contributed by atoms with van der Waals surface area (Å²) < 4.78 is 1.14. The first-order chi connectivity index (χ1) is 7.74. The van der Waals surface area contributed by atoms with Crippen molar-refractivity contribution in [1.29, 1.82) is 0 Å². The zero-order valence-electron chi connectivity index (χ0n) is 9.35. The van der Waals surface area contributed by atoms with Crippen LogP contribution in [0.4, 0.5) is 5.82 Å². The van der Waals surface area contributed by atoms with Crippen LogP contribution in [0.25, 0.3) is 10.2 Å². The lowest BCUT2D eigenvalue weighted by Crippen LogP contribution is -2.33. The maximum Gasteiger partial charge on any atom is 0.150 e. The summed E-state index contributed by atoms with van der Waals surface area (Å²) in [5.41, 5.74) is 1.01. The predicted molar refractivity (Wildman–Crippen MR) is 70.6 cm³/mol. The molecule has 2 heterocycles. The number of alkyl halides is 1. The molecular formula is C11H14ClN3S. The third-order valence-corrected chi connectivity index (χ3v) is 3.51. The lowest BCUT2D eigenvalue weighted by atomic mass is 10.3. The highest BCUT2D eigenvalue weighted by Crippen LogP contribution is 2.28. The second kappa shape index (κ2) is 4.97. The molecule has 0 bridgehead atoms. The third kappa shape index (κ3) is 2.13. The number of hydrogen-bond donors (Lipinski definition) is 0. The second-order valence-corrected chi connectivity index (χ2v) is 5.10. The topological polar surface area (TPSA) is 29.0 Å². The average Bonchev–Trinajstić information content (AvgIpc) is 2.73. The van der Waals surface area contributed by atoms with Gasteiger partial charge in [-0.3, -0.25) is 0 Å². The molecule has 0 aromatic carbocycles. The number of aromatic nitrogens is 2. The minimum Gasteiger partial charge on any atom is -0.352 e. The first-order valence-corrected chi connectivity index (χ1v) is 6.66. The van der Waals surface area contributed by atoms with Crippen molar-refractivity contribution in [2.75, 3.05) is 17.3 Å². The highest BCUT2D eigenvalue weighted by Gasteiger charge is 2.15. The zero-order chi connectivity index (χ0) is 11.5. The Kier molecular flexibility index (Phi) is 3.61. The van der Waals surface area contributed by atoms with Crippen molar-refractivity contribution >= 4 is 39.0 Å². The first-order valence-electron chi connectivity index (χ1n) is 5.25. The van der Waals surface area contributed by atoms with Gasteiger partial charge in [0.15, 0.2) is 0 Å². The van der Waals surface area contributed by atoms with Gasteiger partial charge in [-0.25, -0.2) is 9.97 Å². The van der Waals surface area contributed by atoms with Crippen molar-refractivity contribution in [3.63, 3.8) is 0 Å². The zero-order valence-corrected chi connectivity index (χ0v) is 10.9. The molecule has 0 fully saturated rings. The van der Waals surface area contributed by atoms with Crippen LogP contribution in [0.3, 0.4) is 0 Å². The molecule has 0 aliphatic heterocycles. The van der Waals surface area contributed by atoms with E-state index in [-0.39, 0.29) is 0 Å². The number of rotatable bonds is 4. The van der Waals surface area contributed by atoms with Crippen LogP contribution in [0, 0.1) is 0 Å². The molecule has 0 saturated carbocycles. The van der Waals surface area contributed by atoms with E-state index in [0.29, 0.717) is 11.9 Å². The molecule has 0 aliphatic rings. The molecule has 0 atom stereocenters. The lowest BCUT2D eigenvalue weighted by molar-refractivity contribution is 0.698. The highest BCUT2D eigenvalue weighted by molar-refractivity contribution is 7.17. The van der Waals surface area contributed by atoms with Crippen molar-refractivity contribution in [3.05, 3.63) is 17.8 Å². The summed E-state index contributed by atoms with van der Waals surface area (Å²) in [7, 11) is 0. The molecule has 0 amide bonds. The summed E-state index contributed by atoms with van der Waals surface area (Å²) in [5.74, 6) is 1.60. The van der Waals surface area contributed by atoms with E-state index in [4.69, 9.17) is 11.6 Å². The molecule has 0 spiro atoms. The smallest absolute Gasteiger partial charge is 0.150 e. The van der Waals surface area contributed by atoms with Gasteiger partial charge in [0, 0.05) is 18.5 Å². The quantitative estimate of drug-likeness (QED) is 0.786. The largest absolute Gasteiger partial charge is 0.352 e. The molecule has 2 aromatic rings. The monoisotopic (exact) mass is 255 g/mol. The summed E-state index contributed by atoms with van der Waals surface area (Å²) >= 11 is 7.51. The van der Waals surface area contributed by atoms with E-state index in [1.165, 1.54) is 0 Å². The van der Waals surface area contributed by atoms with Crippen molar-refractivity contribution in [2.24, 2.45) is 0 Å². The fraction of sp³-hybridized carbons (Fsp3) is 0.455. The first kappa shape index (κ1) is 11.6. The Labute approximate surface area is 104 Å². The van der Waals surface area contributed by atoms with Crippen molar-refractivity contribution in [1.82, 2.24) is 9.97 Å². The van der Waals surface area contributed by atoms with Crippen molar-refractivity contribution in [2.45, 2.75) is 19.9 Å². The van der Waals surface area contributed by atoms with Crippen LogP contribution in [0.2, 0.25) is 0 Å². The molecule has 0 unspecified atom stereocenters. The molecule has 3 nitrogen and oxygen atoms in total. The van der Waals surface area contributed by atoms with Gasteiger partial charge < -0.3 is 4.90 Å². The number of nitrogens with zero attached hydrogens (tertiary/aromatic N) is 3. The average molecular weight is 256 g/mol. The van der Waals surface area contributed by atoms with Crippen LogP contribution >= 0.6 is 22.9 Å². The van der Waals surface area contributed by atoms with Crippen LogP contribution in [-0.4, -0.2) is 28.4 Å². The molecule has 2 rings (SSSR count).